The number of alkyl halides is 1. The normalized spacial score (nSPS) is 17.9. The number of benzene rings is 4. The molecule has 34 heteroatoms. The third kappa shape index (κ3) is 22.8. The van der Waals surface area contributed by atoms with Crippen LogP contribution in [0.2, 0.25) is 10.0 Å². The summed E-state index contributed by atoms with van der Waals surface area (Å²) >= 11 is 16.8. The van der Waals surface area contributed by atoms with Crippen molar-refractivity contribution in [1.29, 1.82) is 0 Å². The summed E-state index contributed by atoms with van der Waals surface area (Å²) in [5, 5.41) is 20.8. The van der Waals surface area contributed by atoms with Crippen LogP contribution in [0.3, 0.4) is 0 Å². The van der Waals surface area contributed by atoms with Gasteiger partial charge >= 0.3 is 0 Å². The number of amides is 3. The molecule has 7 N–H and O–H groups in total. The standard InChI is InChI=1S/C28H35N3O5S3.C24H31Cl2N3O5S3.C24H34FN3O4S2/c1-18(2)31-39(35,36)25-12-11-23(21-9-5-6-10-22(21)25)26-24(17-19-7-3-4-8-19)30-28(37-26)27(32)29-20-13-15-38(33,34)16-14-20;1-14(2)29-37(33,34)19-8-7-17(20(25)21(19)26)22-18(13-15-5-3-4-6-15)28-24(35-22)23(30)27-16-9-11-36(31,32)12-10-16;1-14(2)28-34(31,32)17-9-10-18(19(12-17)15(3)25)21-20(11-16-7-6-8-16)27-23(33-21)22(29)26-13-24(4,5)30/h5-6,9-12,18-20,31H,3-4,7-8,13-17H2,1-2H3,(H,29,32);7-8,14-16,29H,3-6,9-13H2,1-2H3,(H,27,30);9-10,12,14-16,28,30H,6-8,11,13H2,1-5H3,(H,26,29). The van der Waals surface area contributed by atoms with Crippen molar-refractivity contribution in [1.82, 2.24) is 45.1 Å². The fourth-order valence-electron chi connectivity index (χ4n) is 14.3. The van der Waals surface area contributed by atoms with Gasteiger partial charge in [-0.15, -0.1) is 34.0 Å². The van der Waals surface area contributed by atoms with Gasteiger partial charge in [-0.05, 0) is 166 Å². The van der Waals surface area contributed by atoms with Crippen LogP contribution in [0.25, 0.3) is 42.1 Å². The summed E-state index contributed by atoms with van der Waals surface area (Å²) in [5.74, 6) is 0.672. The molecule has 4 aromatic carbocycles. The second kappa shape index (κ2) is 36.6. The number of nitrogens with zero attached hydrogens (tertiary/aromatic N) is 3. The lowest BCUT2D eigenvalue weighted by molar-refractivity contribution is 0.0694. The van der Waals surface area contributed by atoms with Crippen molar-refractivity contribution in [2.75, 3.05) is 29.6 Å². The number of carbonyl (C=O) groups excluding carboxylic acids is 3. The van der Waals surface area contributed by atoms with E-state index < -0.39 is 67.4 Å². The first-order valence-corrected chi connectivity index (χ1v) is 48.8. The fraction of sp³-hybridized carbons (Fsp3) is 0.553. The molecule has 1 atom stereocenters. The Labute approximate surface area is 668 Å². The van der Waals surface area contributed by atoms with Crippen LogP contribution in [-0.2, 0) is 69.0 Å². The van der Waals surface area contributed by atoms with Gasteiger partial charge in [-0.25, -0.2) is 75.6 Å². The molecular weight excluding hydrogens is 1610 g/mol. The van der Waals surface area contributed by atoms with Crippen LogP contribution in [-0.4, -0.2) is 145 Å². The molecule has 0 spiro atoms. The van der Waals surface area contributed by atoms with E-state index in [2.05, 4.69) is 40.1 Å². The highest BCUT2D eigenvalue weighted by atomic mass is 35.5. The van der Waals surface area contributed by atoms with E-state index in [4.69, 9.17) is 28.2 Å². The fourth-order valence-corrected chi connectivity index (χ4v) is 25.3. The lowest BCUT2D eigenvalue weighted by Gasteiger charge is -2.25. The number of aliphatic hydroxyl groups is 1. The van der Waals surface area contributed by atoms with E-state index in [1.54, 1.807) is 73.6 Å². The van der Waals surface area contributed by atoms with Gasteiger partial charge in [0.25, 0.3) is 17.7 Å². The summed E-state index contributed by atoms with van der Waals surface area (Å²) in [5.41, 5.74) is 3.45. The smallest absolute Gasteiger partial charge is 0.280 e. The predicted molar refractivity (Wildman–Crippen MR) is 435 cm³/mol. The van der Waals surface area contributed by atoms with Crippen LogP contribution >= 0.6 is 57.2 Å². The molecule has 12 rings (SSSR count). The Morgan fingerprint density at radius 1 is 0.509 bits per heavy atom. The molecule has 3 saturated carbocycles. The summed E-state index contributed by atoms with van der Waals surface area (Å²) in [7, 11) is -17.4. The maximum Gasteiger partial charge on any atom is 0.280 e. The summed E-state index contributed by atoms with van der Waals surface area (Å²) in [6.07, 6.45) is 14.8. The highest BCUT2D eigenvalue weighted by molar-refractivity contribution is 7.92. The zero-order valence-electron chi connectivity index (χ0n) is 63.3. The van der Waals surface area contributed by atoms with Gasteiger partial charge < -0.3 is 21.1 Å². The molecule has 602 valence electrons. The van der Waals surface area contributed by atoms with E-state index in [1.165, 1.54) is 72.0 Å². The molecule has 7 aromatic rings. The molecule has 23 nitrogen and oxygen atoms in total. The third-order valence-corrected chi connectivity index (χ3v) is 32.8. The number of sulfonamides is 3. The Morgan fingerprint density at radius 3 is 1.32 bits per heavy atom. The van der Waals surface area contributed by atoms with Gasteiger partial charge in [0.05, 0.1) is 80.2 Å². The van der Waals surface area contributed by atoms with Crippen molar-refractivity contribution in [2.24, 2.45) is 17.8 Å². The monoisotopic (exact) mass is 1710 g/mol. The zero-order chi connectivity index (χ0) is 80.0. The molecule has 5 fully saturated rings. The number of hydrogen-bond acceptors (Lipinski definition) is 20. The maximum absolute atomic E-state index is 14.8. The number of fused-ring (bicyclic) bond motifs is 1. The Hall–Kier alpha value is -5.46. The molecule has 5 aliphatic rings. The van der Waals surface area contributed by atoms with Gasteiger partial charge in [-0.3, -0.25) is 14.4 Å². The van der Waals surface area contributed by atoms with Crippen LogP contribution in [0.5, 0.6) is 0 Å². The molecule has 0 radical (unpaired) electrons. The first kappa shape index (κ1) is 86.9. The lowest BCUT2D eigenvalue weighted by Crippen LogP contribution is -2.40. The Kier molecular flexibility index (Phi) is 28.9. The molecule has 0 bridgehead atoms. The van der Waals surface area contributed by atoms with Crippen molar-refractivity contribution < 1.29 is 66.0 Å². The van der Waals surface area contributed by atoms with Crippen molar-refractivity contribution in [3.63, 3.8) is 0 Å². The van der Waals surface area contributed by atoms with E-state index in [0.29, 0.717) is 87.6 Å². The SMILES string of the molecule is CC(C)NS(=O)(=O)c1ccc(-c2sc(C(=O)NC3CCS(=O)(=O)CC3)nc2CC2CCCC2)c(Cl)c1Cl.CC(C)NS(=O)(=O)c1ccc(-c2sc(C(=O)NC3CCS(=O)(=O)CC3)nc2CC2CCCC2)c2ccccc12.CC(C)NS(=O)(=O)c1ccc(-c2sc(C(=O)NCC(C)(C)O)nc2CC2CCC2)c(C(C)F)c1. The van der Waals surface area contributed by atoms with Gasteiger partial charge in [0.2, 0.25) is 30.1 Å². The van der Waals surface area contributed by atoms with E-state index in [1.807, 2.05) is 30.3 Å². The van der Waals surface area contributed by atoms with E-state index in [-0.39, 0.29) is 112 Å². The molecule has 2 saturated heterocycles. The van der Waals surface area contributed by atoms with Crippen LogP contribution in [0.15, 0.2) is 81.4 Å². The van der Waals surface area contributed by atoms with Crippen molar-refractivity contribution in [3.8, 4) is 31.3 Å². The quantitative estimate of drug-likeness (QED) is 0.0265. The maximum atomic E-state index is 14.8. The average molecular weight is 1710 g/mol. The minimum absolute atomic E-state index is 0.00217. The van der Waals surface area contributed by atoms with Crippen LogP contribution < -0.4 is 30.1 Å². The largest absolute Gasteiger partial charge is 0.389 e. The number of thiazole rings is 3. The topological polar surface area (TPSA) is 353 Å². The number of hydrogen-bond donors (Lipinski definition) is 7. The molecule has 110 heavy (non-hydrogen) atoms. The molecule has 3 amide bonds. The second-order valence-corrected chi connectivity index (χ2v) is 44.4. The van der Waals surface area contributed by atoms with Gasteiger partial charge in [0.1, 0.15) is 30.7 Å². The minimum Gasteiger partial charge on any atom is -0.389 e. The number of halogens is 3. The molecule has 3 aliphatic carbocycles. The predicted octanol–water partition coefficient (Wildman–Crippen LogP) is 13.9. The van der Waals surface area contributed by atoms with E-state index >= 15 is 0 Å². The average Bonchev–Trinajstić information content (AvgIpc) is 1.19. The minimum atomic E-state index is -3.86. The Balaban J connectivity index is 0.000000176. The van der Waals surface area contributed by atoms with Crippen LogP contribution in [0, 0.1) is 17.8 Å². The van der Waals surface area contributed by atoms with E-state index in [0.717, 1.165) is 97.1 Å². The van der Waals surface area contributed by atoms with Crippen molar-refractivity contribution in [3.05, 3.63) is 114 Å². The number of aromatic nitrogens is 3. The van der Waals surface area contributed by atoms with Gasteiger partial charge in [0, 0.05) is 53.3 Å². The van der Waals surface area contributed by atoms with Crippen molar-refractivity contribution >= 4 is 135 Å². The highest BCUT2D eigenvalue weighted by Crippen LogP contribution is 2.46. The van der Waals surface area contributed by atoms with Gasteiger partial charge in [0.15, 0.2) is 15.0 Å². The number of nitrogens with one attached hydrogen (secondary N) is 6. The Bertz CT molecular complexity index is 5080. The Morgan fingerprint density at radius 2 is 0.891 bits per heavy atom. The molecule has 1 unspecified atom stereocenters. The highest BCUT2D eigenvalue weighted by Gasteiger charge is 2.34. The van der Waals surface area contributed by atoms with Crippen molar-refractivity contribution in [2.45, 2.75) is 235 Å². The van der Waals surface area contributed by atoms with Gasteiger partial charge in [-0.1, -0.05) is 136 Å². The molecular formula is C76H100Cl2FN9O14S8. The summed E-state index contributed by atoms with van der Waals surface area (Å²) in [6, 6.07) is 17.1. The molecule has 3 aromatic heterocycles. The molecule has 2 aliphatic heterocycles. The van der Waals surface area contributed by atoms with Crippen LogP contribution in [0.1, 0.15) is 217 Å². The summed E-state index contributed by atoms with van der Waals surface area (Å²) in [4.78, 5) is 55.5. The summed E-state index contributed by atoms with van der Waals surface area (Å²) in [6.45, 7) is 15.1. The molecule has 5 heterocycles. The lowest BCUT2D eigenvalue weighted by atomic mass is 9.81. The number of carbonyl (C=O) groups is 3. The third-order valence-electron chi connectivity index (χ3n) is 19.9. The number of rotatable bonds is 26. The second-order valence-electron chi connectivity index (χ2n) is 31.0. The first-order chi connectivity index (χ1) is 51.6. The summed E-state index contributed by atoms with van der Waals surface area (Å²) < 4.78 is 147. The number of sulfone groups is 2. The van der Waals surface area contributed by atoms with E-state index in [9.17, 15) is 66.0 Å². The van der Waals surface area contributed by atoms with Gasteiger partial charge in [-0.2, -0.15) is 0 Å². The first-order valence-electron chi connectivity index (χ1n) is 37.5. The van der Waals surface area contributed by atoms with Crippen LogP contribution in [0.4, 0.5) is 4.39 Å². The zero-order valence-corrected chi connectivity index (χ0v) is 71.4.